The van der Waals surface area contributed by atoms with Gasteiger partial charge in [-0.25, -0.2) is 0 Å². The third-order valence-corrected chi connectivity index (χ3v) is 2.67. The zero-order chi connectivity index (χ0) is 11.5. The first-order valence-electron chi connectivity index (χ1n) is 5.20. The molecule has 0 radical (unpaired) electrons. The smallest absolute Gasteiger partial charge is 0.123 e. The van der Waals surface area contributed by atoms with E-state index >= 15 is 0 Å². The summed E-state index contributed by atoms with van der Waals surface area (Å²) in [6.45, 7) is 4.66. The number of anilines is 1. The molecule has 0 unspecified atom stereocenters. The molecule has 1 aromatic carbocycles. The number of hydrogen-bond acceptors (Lipinski definition) is 2. The average Bonchev–Trinajstić information content (AvgIpc) is 2.63. The lowest BCUT2D eigenvalue weighted by molar-refractivity contribution is 0.490. The summed E-state index contributed by atoms with van der Waals surface area (Å²) in [6.07, 6.45) is 0. The van der Waals surface area contributed by atoms with Crippen molar-refractivity contribution in [1.82, 2.24) is 0 Å². The predicted octanol–water partition coefficient (Wildman–Crippen LogP) is 4.16. The van der Waals surface area contributed by atoms with Crippen LogP contribution in [-0.2, 0) is 6.54 Å². The lowest BCUT2D eigenvalue weighted by Crippen LogP contribution is -1.99. The molecule has 0 aliphatic carbocycles. The second-order valence-electron chi connectivity index (χ2n) is 3.83. The SMILES string of the molecule is Cc1ccc(CNc2ccc(Cl)cc2C)o1. The minimum atomic E-state index is 0.691. The van der Waals surface area contributed by atoms with Crippen LogP contribution in [0, 0.1) is 13.8 Å². The van der Waals surface area contributed by atoms with E-state index in [4.69, 9.17) is 16.0 Å². The summed E-state index contributed by atoms with van der Waals surface area (Å²) < 4.78 is 5.48. The molecule has 0 saturated heterocycles. The first-order chi connectivity index (χ1) is 7.65. The topological polar surface area (TPSA) is 25.2 Å². The molecular formula is C13H14ClNO. The summed E-state index contributed by atoms with van der Waals surface area (Å²) in [7, 11) is 0. The van der Waals surface area contributed by atoms with Crippen molar-refractivity contribution in [2.75, 3.05) is 5.32 Å². The van der Waals surface area contributed by atoms with Gasteiger partial charge in [0.05, 0.1) is 6.54 Å². The Bertz CT molecular complexity index is 490. The highest BCUT2D eigenvalue weighted by Gasteiger charge is 2.01. The number of benzene rings is 1. The van der Waals surface area contributed by atoms with Crippen LogP contribution in [0.4, 0.5) is 5.69 Å². The van der Waals surface area contributed by atoms with E-state index in [1.54, 1.807) is 0 Å². The van der Waals surface area contributed by atoms with Crippen molar-refractivity contribution in [2.45, 2.75) is 20.4 Å². The minimum Gasteiger partial charge on any atom is -0.465 e. The summed E-state index contributed by atoms with van der Waals surface area (Å²) >= 11 is 5.89. The maximum absolute atomic E-state index is 5.89. The summed E-state index contributed by atoms with van der Waals surface area (Å²) in [5.41, 5.74) is 2.22. The van der Waals surface area contributed by atoms with Crippen molar-refractivity contribution in [1.29, 1.82) is 0 Å². The van der Waals surface area contributed by atoms with Crippen LogP contribution in [0.2, 0.25) is 5.02 Å². The van der Waals surface area contributed by atoms with Crippen LogP contribution in [0.15, 0.2) is 34.7 Å². The molecule has 3 heteroatoms. The fourth-order valence-corrected chi connectivity index (χ4v) is 1.81. The van der Waals surface area contributed by atoms with Gasteiger partial charge in [0.1, 0.15) is 11.5 Å². The summed E-state index contributed by atoms with van der Waals surface area (Å²) in [5, 5.41) is 4.08. The molecular weight excluding hydrogens is 222 g/mol. The molecule has 0 amide bonds. The Kier molecular flexibility index (Phi) is 3.20. The van der Waals surface area contributed by atoms with E-state index in [1.165, 1.54) is 0 Å². The van der Waals surface area contributed by atoms with Gasteiger partial charge in [-0.3, -0.25) is 0 Å². The molecule has 2 rings (SSSR count). The van der Waals surface area contributed by atoms with E-state index in [0.29, 0.717) is 6.54 Å². The minimum absolute atomic E-state index is 0.691. The Balaban J connectivity index is 2.04. The molecule has 84 valence electrons. The number of furan rings is 1. The van der Waals surface area contributed by atoms with Crippen LogP contribution in [0.1, 0.15) is 17.1 Å². The highest BCUT2D eigenvalue weighted by atomic mass is 35.5. The molecule has 0 atom stereocenters. The van der Waals surface area contributed by atoms with Gasteiger partial charge in [-0.05, 0) is 49.7 Å². The lowest BCUT2D eigenvalue weighted by atomic mass is 10.2. The van der Waals surface area contributed by atoms with Gasteiger partial charge in [-0.1, -0.05) is 11.6 Å². The normalized spacial score (nSPS) is 10.4. The number of rotatable bonds is 3. The van der Waals surface area contributed by atoms with Crippen LogP contribution in [-0.4, -0.2) is 0 Å². The van der Waals surface area contributed by atoms with E-state index in [2.05, 4.69) is 5.32 Å². The molecule has 0 aliphatic rings. The van der Waals surface area contributed by atoms with E-state index < -0.39 is 0 Å². The van der Waals surface area contributed by atoms with E-state index in [9.17, 15) is 0 Å². The van der Waals surface area contributed by atoms with Crippen LogP contribution in [0.5, 0.6) is 0 Å². The molecule has 1 N–H and O–H groups in total. The van der Waals surface area contributed by atoms with Gasteiger partial charge in [0.2, 0.25) is 0 Å². The van der Waals surface area contributed by atoms with Crippen molar-refractivity contribution >= 4 is 17.3 Å². The van der Waals surface area contributed by atoms with Crippen LogP contribution in [0.25, 0.3) is 0 Å². The number of hydrogen-bond donors (Lipinski definition) is 1. The van der Waals surface area contributed by atoms with Crippen molar-refractivity contribution in [3.63, 3.8) is 0 Å². The van der Waals surface area contributed by atoms with Gasteiger partial charge >= 0.3 is 0 Å². The standard InChI is InChI=1S/C13H14ClNO/c1-9-7-11(14)4-6-13(9)15-8-12-5-3-10(2)16-12/h3-7,15H,8H2,1-2H3. The maximum atomic E-state index is 5.89. The van der Waals surface area contributed by atoms with Crippen molar-refractivity contribution in [2.24, 2.45) is 0 Å². The van der Waals surface area contributed by atoms with Crippen LogP contribution >= 0.6 is 11.6 Å². The van der Waals surface area contributed by atoms with Gasteiger partial charge in [-0.2, -0.15) is 0 Å². The molecule has 0 spiro atoms. The molecule has 2 nitrogen and oxygen atoms in total. The maximum Gasteiger partial charge on any atom is 0.123 e. The Hall–Kier alpha value is -1.41. The van der Waals surface area contributed by atoms with Crippen LogP contribution in [0.3, 0.4) is 0 Å². The first kappa shape index (κ1) is 11.1. The number of halogens is 1. The average molecular weight is 236 g/mol. The monoisotopic (exact) mass is 235 g/mol. The largest absolute Gasteiger partial charge is 0.465 e. The molecule has 1 heterocycles. The molecule has 1 aromatic heterocycles. The highest BCUT2D eigenvalue weighted by molar-refractivity contribution is 6.30. The Morgan fingerprint density at radius 3 is 2.62 bits per heavy atom. The number of nitrogens with one attached hydrogen (secondary N) is 1. The third kappa shape index (κ3) is 2.58. The van der Waals surface area contributed by atoms with Crippen LogP contribution < -0.4 is 5.32 Å². The zero-order valence-electron chi connectivity index (χ0n) is 9.38. The quantitative estimate of drug-likeness (QED) is 0.864. The second-order valence-corrected chi connectivity index (χ2v) is 4.26. The fraction of sp³-hybridized carbons (Fsp3) is 0.231. The van der Waals surface area contributed by atoms with E-state index in [0.717, 1.165) is 27.8 Å². The molecule has 0 aliphatic heterocycles. The van der Waals surface area contributed by atoms with Crippen molar-refractivity contribution in [3.05, 3.63) is 52.4 Å². The molecule has 0 saturated carbocycles. The Morgan fingerprint density at radius 2 is 2.00 bits per heavy atom. The second kappa shape index (κ2) is 4.62. The molecule has 16 heavy (non-hydrogen) atoms. The van der Waals surface area contributed by atoms with E-state index in [-0.39, 0.29) is 0 Å². The zero-order valence-corrected chi connectivity index (χ0v) is 10.1. The highest BCUT2D eigenvalue weighted by Crippen LogP contribution is 2.20. The van der Waals surface area contributed by atoms with Crippen molar-refractivity contribution < 1.29 is 4.42 Å². The summed E-state index contributed by atoms with van der Waals surface area (Å²) in [5.74, 6) is 1.87. The van der Waals surface area contributed by atoms with Gasteiger partial charge < -0.3 is 9.73 Å². The molecule has 2 aromatic rings. The lowest BCUT2D eigenvalue weighted by Gasteiger charge is -2.08. The van der Waals surface area contributed by atoms with Gasteiger partial charge in [0.15, 0.2) is 0 Å². The number of aryl methyl sites for hydroxylation is 2. The summed E-state index contributed by atoms with van der Waals surface area (Å²) in [4.78, 5) is 0. The van der Waals surface area contributed by atoms with Crippen molar-refractivity contribution in [3.8, 4) is 0 Å². The first-order valence-corrected chi connectivity index (χ1v) is 5.58. The van der Waals surface area contributed by atoms with Gasteiger partial charge in [0, 0.05) is 10.7 Å². The molecule has 0 fully saturated rings. The van der Waals surface area contributed by atoms with Gasteiger partial charge in [0.25, 0.3) is 0 Å². The summed E-state index contributed by atoms with van der Waals surface area (Å²) in [6, 6.07) is 9.74. The molecule has 0 bridgehead atoms. The van der Waals surface area contributed by atoms with Gasteiger partial charge in [-0.15, -0.1) is 0 Å². The van der Waals surface area contributed by atoms with E-state index in [1.807, 2.05) is 44.2 Å². The third-order valence-electron chi connectivity index (χ3n) is 2.44. The Morgan fingerprint density at radius 1 is 1.19 bits per heavy atom. The Labute approximate surface area is 100 Å². The predicted molar refractivity (Wildman–Crippen MR) is 67.0 cm³/mol. The fourth-order valence-electron chi connectivity index (χ4n) is 1.59.